The van der Waals surface area contributed by atoms with Gasteiger partial charge >= 0.3 is 17.4 Å². The Balaban J connectivity index is -0.0000000450. The first-order valence-corrected chi connectivity index (χ1v) is 4.64. The van der Waals surface area contributed by atoms with Gasteiger partial charge in [0.1, 0.15) is 0 Å². The summed E-state index contributed by atoms with van der Waals surface area (Å²) in [6, 6.07) is 0. The van der Waals surface area contributed by atoms with Crippen LogP contribution in [0, 0.1) is 0 Å². The third-order valence-electron chi connectivity index (χ3n) is 0. The summed E-state index contributed by atoms with van der Waals surface area (Å²) in [6.45, 7) is 0. The smallest absolute Gasteiger partial charge is 0.750 e. The second-order valence-electron chi connectivity index (χ2n) is 0.651. The Bertz CT molecular complexity index is 112. The summed E-state index contributed by atoms with van der Waals surface area (Å²) < 4.78 is 72.2. The fourth-order valence-electron chi connectivity index (χ4n) is 0. The molecule has 3 atom stereocenters. The van der Waals surface area contributed by atoms with E-state index in [-0.39, 0.29) is 17.4 Å². The van der Waals surface area contributed by atoms with E-state index in [0.717, 1.165) is 0 Å². The molecular weight excluding hydrogens is 267 g/mol. The molecule has 0 amide bonds. The van der Waals surface area contributed by atoms with Crippen LogP contribution in [0.2, 0.25) is 0 Å². The molecule has 0 fully saturated rings. The molecule has 9 nitrogen and oxygen atoms in total. The van der Waals surface area contributed by atoms with Gasteiger partial charge in [0.2, 0.25) is 0 Å². The van der Waals surface area contributed by atoms with Crippen molar-refractivity contribution in [1.82, 2.24) is 0 Å². The Hall–Kier alpha value is 0.742. The minimum Gasteiger partial charge on any atom is -0.750 e. The van der Waals surface area contributed by atoms with Gasteiger partial charge in [0.25, 0.3) is 0 Å². The third-order valence-corrected chi connectivity index (χ3v) is 0. The molecule has 13 heavy (non-hydrogen) atoms. The van der Waals surface area contributed by atoms with E-state index < -0.39 is 34.1 Å². The van der Waals surface area contributed by atoms with Gasteiger partial charge in [-0.3, -0.25) is 0 Å². The van der Waals surface area contributed by atoms with E-state index in [2.05, 4.69) is 0 Å². The quantitative estimate of drug-likeness (QED) is 0.320. The first-order chi connectivity index (χ1) is 5.20. The second kappa shape index (κ2) is 18.5. The van der Waals surface area contributed by atoms with E-state index in [9.17, 15) is 0 Å². The molecule has 0 saturated heterocycles. The van der Waals surface area contributed by atoms with E-state index in [1.807, 2.05) is 0 Å². The molecule has 0 aliphatic carbocycles. The van der Waals surface area contributed by atoms with E-state index in [0.29, 0.717) is 0 Å². The van der Waals surface area contributed by atoms with Crippen molar-refractivity contribution in [2.24, 2.45) is 0 Å². The minimum atomic E-state index is -2.86. The molecule has 0 saturated carbocycles. The maximum Gasteiger partial charge on any atom is 3.00 e. The second-order valence-corrected chi connectivity index (χ2v) is 1.95. The van der Waals surface area contributed by atoms with Crippen LogP contribution in [0.15, 0.2) is 0 Å². The number of hydrogen-bond acceptors (Lipinski definition) is 6. The van der Waals surface area contributed by atoms with Crippen LogP contribution in [0.4, 0.5) is 0 Å². The number of hydrogen-bond donors (Lipinski definition) is 3. The van der Waals surface area contributed by atoms with Gasteiger partial charge in [-0.25, -0.2) is 12.6 Å². The van der Waals surface area contributed by atoms with Gasteiger partial charge in [-0.1, -0.05) is 0 Å². The summed E-state index contributed by atoms with van der Waals surface area (Å²) in [5.74, 6) is 0. The molecule has 0 bridgehead atoms. The van der Waals surface area contributed by atoms with E-state index >= 15 is 0 Å². The van der Waals surface area contributed by atoms with Crippen LogP contribution in [0.25, 0.3) is 0 Å². The molecule has 0 aromatic rings. The Labute approximate surface area is 91.4 Å². The molecule has 0 radical (unpaired) electrons. The maximum absolute atomic E-state index is 8.56. The largest absolute Gasteiger partial charge is 3.00 e. The van der Waals surface area contributed by atoms with Crippen LogP contribution >= 0.6 is 0 Å². The van der Waals surface area contributed by atoms with Crippen LogP contribution in [0.1, 0.15) is 0 Å². The zero-order chi connectivity index (χ0) is 10.7. The zero-order valence-electron chi connectivity index (χ0n) is 5.59. The predicted molar refractivity (Wildman–Crippen MR) is 40.4 cm³/mol. The Morgan fingerprint density at radius 3 is 0.692 bits per heavy atom. The van der Waals surface area contributed by atoms with Gasteiger partial charge < -0.3 is 27.3 Å². The van der Waals surface area contributed by atoms with Crippen molar-refractivity contribution in [2.45, 2.75) is 0 Å². The fourth-order valence-corrected chi connectivity index (χ4v) is 0. The average molecular weight is 270 g/mol. The molecule has 0 heterocycles. The van der Waals surface area contributed by atoms with Gasteiger partial charge in [-0.15, -0.1) is 0 Å². The van der Waals surface area contributed by atoms with E-state index in [4.69, 9.17) is 39.9 Å². The first kappa shape index (κ1) is 23.5. The van der Waals surface area contributed by atoms with Crippen molar-refractivity contribution in [3.05, 3.63) is 0 Å². The molecule has 3 N–H and O–H groups in total. The molecule has 0 rings (SSSR count). The van der Waals surface area contributed by atoms with Crippen LogP contribution in [-0.2, 0) is 34.1 Å². The Kier molecular flexibility index (Phi) is 33.5. The molecule has 78 valence electrons. The van der Waals surface area contributed by atoms with Crippen LogP contribution in [0.5, 0.6) is 0 Å². The standard InChI is InChI=1S/Al.3H2O3S/c;3*1-4(2)3/h;3*(H2,1,2,3)/q+3;;;/p-3. The van der Waals surface area contributed by atoms with Gasteiger partial charge in [0.05, 0.1) is 34.1 Å². The van der Waals surface area contributed by atoms with Crippen molar-refractivity contribution >= 4 is 51.4 Å². The molecule has 3 unspecified atom stereocenters. The van der Waals surface area contributed by atoms with E-state index in [1.54, 1.807) is 0 Å². The molecule has 0 aliphatic rings. The molecular formula is H3AlO9S3. The van der Waals surface area contributed by atoms with Gasteiger partial charge in [0, 0.05) is 0 Å². The van der Waals surface area contributed by atoms with Crippen LogP contribution in [-0.4, -0.2) is 57.3 Å². The van der Waals surface area contributed by atoms with Crippen molar-refractivity contribution in [2.75, 3.05) is 0 Å². The van der Waals surface area contributed by atoms with Crippen molar-refractivity contribution < 1.29 is 39.9 Å². The van der Waals surface area contributed by atoms with Crippen LogP contribution < -0.4 is 0 Å². The molecule has 0 aromatic carbocycles. The monoisotopic (exact) mass is 270 g/mol. The van der Waals surface area contributed by atoms with Crippen molar-refractivity contribution in [3.8, 4) is 0 Å². The summed E-state index contributed by atoms with van der Waals surface area (Å²) in [4.78, 5) is 0. The van der Waals surface area contributed by atoms with Gasteiger partial charge in [-0.05, 0) is 0 Å². The van der Waals surface area contributed by atoms with Gasteiger partial charge in [0.15, 0.2) is 0 Å². The van der Waals surface area contributed by atoms with Crippen LogP contribution in [0.3, 0.4) is 0 Å². The molecule has 0 aliphatic heterocycles. The Morgan fingerprint density at radius 1 is 0.692 bits per heavy atom. The predicted octanol–water partition coefficient (Wildman–Crippen LogP) is -2.37. The summed E-state index contributed by atoms with van der Waals surface area (Å²) in [5.41, 5.74) is 0. The molecule has 0 aromatic heterocycles. The summed E-state index contributed by atoms with van der Waals surface area (Å²) in [5, 5.41) is 0. The topological polar surface area (TPSA) is 181 Å². The minimum absolute atomic E-state index is 0. The van der Waals surface area contributed by atoms with Gasteiger partial charge in [-0.2, -0.15) is 0 Å². The summed E-state index contributed by atoms with van der Waals surface area (Å²) in [6.07, 6.45) is 0. The SMILES string of the molecule is O=S([O-])O.O=S([O-])O.O=S([O-])O.[Al+3]. The maximum atomic E-state index is 8.56. The molecule has 0 spiro atoms. The third kappa shape index (κ3) is 2670. The zero-order valence-corrected chi connectivity index (χ0v) is 9.20. The summed E-state index contributed by atoms with van der Waals surface area (Å²) in [7, 11) is 0. The fraction of sp³-hybridized carbons (Fsp3) is 0. The Morgan fingerprint density at radius 2 is 0.692 bits per heavy atom. The molecule has 13 heteroatoms. The average Bonchev–Trinajstić information content (AvgIpc) is 1.54. The van der Waals surface area contributed by atoms with Crippen molar-refractivity contribution in [1.29, 1.82) is 0 Å². The van der Waals surface area contributed by atoms with E-state index in [1.165, 1.54) is 0 Å². The normalized spacial score (nSPS) is 14.3. The number of rotatable bonds is 0. The first-order valence-electron chi connectivity index (χ1n) is 1.55. The van der Waals surface area contributed by atoms with Crippen molar-refractivity contribution in [3.63, 3.8) is 0 Å². The summed E-state index contributed by atoms with van der Waals surface area (Å²) >= 11 is -8.58.